The minimum absolute atomic E-state index is 0.0116. The van der Waals surface area contributed by atoms with Crippen LogP contribution in [0.2, 0.25) is 0 Å². The number of fused-ring (bicyclic) bond motifs is 1. The van der Waals surface area contributed by atoms with Crippen molar-refractivity contribution >= 4 is 11.2 Å². The van der Waals surface area contributed by atoms with E-state index in [1.165, 1.54) is 18.3 Å². The van der Waals surface area contributed by atoms with Gasteiger partial charge in [0, 0.05) is 6.20 Å². The van der Waals surface area contributed by atoms with E-state index in [1.807, 2.05) is 0 Å². The van der Waals surface area contributed by atoms with Gasteiger partial charge in [-0.1, -0.05) is 0 Å². The number of hydrogen-bond acceptors (Lipinski definition) is 3. The molecule has 0 amide bonds. The topological polar surface area (TPSA) is 50.9 Å². The first-order valence-electron chi connectivity index (χ1n) is 3.60. The molecule has 2 rings (SSSR count). The van der Waals surface area contributed by atoms with Crippen molar-refractivity contribution < 1.29 is 18.4 Å². The van der Waals surface area contributed by atoms with Gasteiger partial charge in [-0.15, -0.1) is 0 Å². The number of aromatic nitrogens is 3. The molecule has 0 aromatic carbocycles. The molecular formula is C7H4F3N3O. The second-order valence-electron chi connectivity index (χ2n) is 2.59. The first-order valence-corrected chi connectivity index (χ1v) is 3.60. The molecule has 4 nitrogen and oxygen atoms in total. The summed E-state index contributed by atoms with van der Waals surface area (Å²) in [6.07, 6.45) is -3.38. The standard InChI is InChI=1S/C7H4F3N3O/c8-7(9,10)6-12-5-4(13(6)14)2-1-3-11-5/h1-3,14H. The van der Waals surface area contributed by atoms with Crippen LogP contribution in [0.4, 0.5) is 13.2 Å². The van der Waals surface area contributed by atoms with Crippen molar-refractivity contribution in [2.75, 3.05) is 0 Å². The van der Waals surface area contributed by atoms with Gasteiger partial charge in [-0.2, -0.15) is 17.9 Å². The molecular weight excluding hydrogens is 199 g/mol. The van der Waals surface area contributed by atoms with Crippen LogP contribution in [0.1, 0.15) is 5.82 Å². The van der Waals surface area contributed by atoms with Crippen LogP contribution in [-0.2, 0) is 6.18 Å². The summed E-state index contributed by atoms with van der Waals surface area (Å²) in [6.45, 7) is 0. The third-order valence-electron chi connectivity index (χ3n) is 1.66. The van der Waals surface area contributed by atoms with Gasteiger partial charge in [-0.3, -0.25) is 0 Å². The maximum atomic E-state index is 12.2. The normalized spacial score (nSPS) is 12.2. The first-order chi connectivity index (χ1) is 6.50. The van der Waals surface area contributed by atoms with E-state index in [9.17, 15) is 13.2 Å². The largest absolute Gasteiger partial charge is 0.453 e. The number of rotatable bonds is 0. The van der Waals surface area contributed by atoms with Crippen molar-refractivity contribution in [3.63, 3.8) is 0 Å². The fraction of sp³-hybridized carbons (Fsp3) is 0.143. The molecule has 0 saturated carbocycles. The molecule has 0 saturated heterocycles. The van der Waals surface area contributed by atoms with E-state index in [0.29, 0.717) is 0 Å². The number of nitrogens with zero attached hydrogens (tertiary/aromatic N) is 3. The Bertz CT molecular complexity index is 476. The highest BCUT2D eigenvalue weighted by atomic mass is 19.4. The molecule has 74 valence electrons. The van der Waals surface area contributed by atoms with Crippen molar-refractivity contribution in [1.82, 2.24) is 14.7 Å². The summed E-state index contributed by atoms with van der Waals surface area (Å²) in [5.74, 6) is -1.37. The van der Waals surface area contributed by atoms with Crippen molar-refractivity contribution in [3.05, 3.63) is 24.2 Å². The molecule has 0 aliphatic heterocycles. The number of alkyl halides is 3. The highest BCUT2D eigenvalue weighted by Crippen LogP contribution is 2.29. The molecule has 7 heteroatoms. The van der Waals surface area contributed by atoms with Crippen LogP contribution in [0, 0.1) is 0 Å². The molecule has 0 fully saturated rings. The van der Waals surface area contributed by atoms with Gasteiger partial charge in [-0.05, 0) is 12.1 Å². The number of pyridine rings is 1. The predicted octanol–water partition coefficient (Wildman–Crippen LogP) is 1.69. The Hall–Kier alpha value is -1.79. The molecule has 0 aliphatic rings. The van der Waals surface area contributed by atoms with Gasteiger partial charge in [0.2, 0.25) is 0 Å². The lowest BCUT2D eigenvalue weighted by molar-refractivity contribution is -0.153. The Morgan fingerprint density at radius 2 is 2.07 bits per heavy atom. The molecule has 0 atom stereocenters. The Labute approximate surface area is 75.6 Å². The molecule has 0 spiro atoms. The minimum Gasteiger partial charge on any atom is -0.426 e. The Balaban J connectivity index is 2.75. The summed E-state index contributed by atoms with van der Waals surface area (Å²) in [5.41, 5.74) is -0.206. The highest BCUT2D eigenvalue weighted by molar-refractivity contribution is 5.70. The molecule has 2 aromatic heterocycles. The molecule has 0 unspecified atom stereocenters. The van der Waals surface area contributed by atoms with E-state index >= 15 is 0 Å². The smallest absolute Gasteiger partial charge is 0.426 e. The zero-order valence-electron chi connectivity index (χ0n) is 6.65. The van der Waals surface area contributed by atoms with Crippen LogP contribution in [0.5, 0.6) is 0 Å². The Morgan fingerprint density at radius 3 is 2.64 bits per heavy atom. The second kappa shape index (κ2) is 2.60. The third-order valence-corrected chi connectivity index (χ3v) is 1.66. The summed E-state index contributed by atoms with van der Waals surface area (Å²) in [5, 5.41) is 9.12. The van der Waals surface area contributed by atoms with Crippen molar-refractivity contribution in [1.29, 1.82) is 0 Å². The average Bonchev–Trinajstić information content (AvgIpc) is 2.44. The quantitative estimate of drug-likeness (QED) is 0.663. The molecule has 2 heterocycles. The maximum absolute atomic E-state index is 12.2. The van der Waals surface area contributed by atoms with Crippen LogP contribution in [0.3, 0.4) is 0 Å². The van der Waals surface area contributed by atoms with Crippen molar-refractivity contribution in [2.45, 2.75) is 6.18 Å². The first kappa shape index (κ1) is 8.79. The summed E-state index contributed by atoms with van der Waals surface area (Å²) in [6, 6.07) is 2.71. The van der Waals surface area contributed by atoms with Crippen molar-refractivity contribution in [2.24, 2.45) is 0 Å². The molecule has 2 aromatic rings. The van der Waals surface area contributed by atoms with E-state index in [-0.39, 0.29) is 15.9 Å². The lowest BCUT2D eigenvalue weighted by Gasteiger charge is -2.03. The Morgan fingerprint density at radius 1 is 1.36 bits per heavy atom. The SMILES string of the molecule is On1c(C(F)(F)F)nc2ncccc21. The zero-order chi connectivity index (χ0) is 10.3. The molecule has 0 bridgehead atoms. The minimum atomic E-state index is -4.69. The van der Waals surface area contributed by atoms with E-state index in [2.05, 4.69) is 9.97 Å². The fourth-order valence-electron chi connectivity index (χ4n) is 1.09. The van der Waals surface area contributed by atoms with Crippen LogP contribution >= 0.6 is 0 Å². The summed E-state index contributed by atoms with van der Waals surface area (Å²) in [4.78, 5) is 6.74. The van der Waals surface area contributed by atoms with Gasteiger partial charge in [0.05, 0.1) is 0 Å². The van der Waals surface area contributed by atoms with Gasteiger partial charge in [0.1, 0.15) is 5.52 Å². The van der Waals surface area contributed by atoms with Crippen molar-refractivity contribution in [3.8, 4) is 0 Å². The monoisotopic (exact) mass is 203 g/mol. The van der Waals surface area contributed by atoms with E-state index < -0.39 is 12.0 Å². The molecule has 1 N–H and O–H groups in total. The molecule has 0 radical (unpaired) electrons. The predicted molar refractivity (Wildman–Crippen MR) is 39.7 cm³/mol. The Kier molecular flexibility index (Phi) is 1.63. The average molecular weight is 203 g/mol. The van der Waals surface area contributed by atoms with Crippen LogP contribution in [0.25, 0.3) is 11.2 Å². The van der Waals surface area contributed by atoms with Crippen LogP contribution < -0.4 is 0 Å². The molecule has 0 aliphatic carbocycles. The lowest BCUT2D eigenvalue weighted by atomic mass is 10.4. The van der Waals surface area contributed by atoms with E-state index in [1.54, 1.807) is 0 Å². The summed E-state index contributed by atoms with van der Waals surface area (Å²) >= 11 is 0. The summed E-state index contributed by atoms with van der Waals surface area (Å²) in [7, 11) is 0. The summed E-state index contributed by atoms with van der Waals surface area (Å²) < 4.78 is 36.6. The highest BCUT2D eigenvalue weighted by Gasteiger charge is 2.38. The lowest BCUT2D eigenvalue weighted by Crippen LogP contribution is -2.12. The van der Waals surface area contributed by atoms with Gasteiger partial charge in [0.15, 0.2) is 5.65 Å². The van der Waals surface area contributed by atoms with Gasteiger partial charge in [-0.25, -0.2) is 9.97 Å². The van der Waals surface area contributed by atoms with Gasteiger partial charge >= 0.3 is 6.18 Å². The maximum Gasteiger partial charge on any atom is 0.453 e. The zero-order valence-corrected chi connectivity index (χ0v) is 6.65. The third kappa shape index (κ3) is 1.17. The van der Waals surface area contributed by atoms with Crippen LogP contribution in [-0.4, -0.2) is 19.9 Å². The molecule has 14 heavy (non-hydrogen) atoms. The van der Waals surface area contributed by atoms with Gasteiger partial charge < -0.3 is 5.21 Å². The van der Waals surface area contributed by atoms with Crippen LogP contribution in [0.15, 0.2) is 18.3 Å². The number of hydrogen-bond donors (Lipinski definition) is 1. The number of imidazole rings is 1. The van der Waals surface area contributed by atoms with E-state index in [0.717, 1.165) is 0 Å². The second-order valence-corrected chi connectivity index (χ2v) is 2.59. The van der Waals surface area contributed by atoms with E-state index in [4.69, 9.17) is 5.21 Å². The number of halogens is 3. The van der Waals surface area contributed by atoms with Gasteiger partial charge in [0.25, 0.3) is 5.82 Å². The fourth-order valence-corrected chi connectivity index (χ4v) is 1.09.